The Kier molecular flexibility index (Phi) is 6.43. The van der Waals surface area contributed by atoms with Gasteiger partial charge in [0.2, 0.25) is 0 Å². The van der Waals surface area contributed by atoms with E-state index < -0.39 is 17.7 Å². The molecule has 2 heterocycles. The molecule has 1 unspecified atom stereocenters. The van der Waals surface area contributed by atoms with Gasteiger partial charge in [-0.3, -0.25) is 14.5 Å². The van der Waals surface area contributed by atoms with Crippen LogP contribution in [0.5, 0.6) is 11.5 Å². The Morgan fingerprint density at radius 3 is 2.49 bits per heavy atom. The average molecular weight is 515 g/mol. The number of Topliss-reactive ketones (excluding diaryl/α,β-unsaturated/α-hetero) is 1. The number of thiazole rings is 1. The maximum absolute atomic E-state index is 13.5. The number of ketones is 1. The predicted molar refractivity (Wildman–Crippen MR) is 144 cm³/mol. The van der Waals surface area contributed by atoms with Crippen molar-refractivity contribution in [1.82, 2.24) is 4.98 Å². The van der Waals surface area contributed by atoms with Crippen molar-refractivity contribution in [1.29, 1.82) is 0 Å². The molecule has 37 heavy (non-hydrogen) atoms. The molecule has 0 aliphatic carbocycles. The Balaban J connectivity index is 1.69. The van der Waals surface area contributed by atoms with Crippen LogP contribution in [0.1, 0.15) is 36.6 Å². The molecule has 0 radical (unpaired) electrons. The lowest BCUT2D eigenvalue weighted by Gasteiger charge is -2.23. The second-order valence-electron chi connectivity index (χ2n) is 9.10. The average Bonchev–Trinajstić information content (AvgIpc) is 3.41. The SMILES string of the molecule is COc1cccc(C(O)=C2C(=O)C(=O)N(c3nc4ccc(C)cc4s3)C2c2ccc(OC(C)C)cc2)c1. The van der Waals surface area contributed by atoms with Crippen molar-refractivity contribution in [2.75, 3.05) is 12.0 Å². The molecule has 5 rings (SSSR count). The molecule has 1 aliphatic heterocycles. The molecule has 1 saturated heterocycles. The number of hydrogen-bond acceptors (Lipinski definition) is 7. The summed E-state index contributed by atoms with van der Waals surface area (Å²) in [5.74, 6) is -0.606. The summed E-state index contributed by atoms with van der Waals surface area (Å²) in [6.07, 6.45) is -0.00393. The second kappa shape index (κ2) is 9.71. The van der Waals surface area contributed by atoms with Crippen LogP contribution in [-0.4, -0.2) is 35.0 Å². The van der Waals surface area contributed by atoms with Gasteiger partial charge in [0.05, 0.1) is 35.0 Å². The van der Waals surface area contributed by atoms with Gasteiger partial charge in [-0.2, -0.15) is 0 Å². The summed E-state index contributed by atoms with van der Waals surface area (Å²) in [6.45, 7) is 5.86. The van der Waals surface area contributed by atoms with Gasteiger partial charge in [-0.15, -0.1) is 0 Å². The van der Waals surface area contributed by atoms with Gasteiger partial charge in [0.15, 0.2) is 5.13 Å². The highest BCUT2D eigenvalue weighted by Crippen LogP contribution is 2.44. The summed E-state index contributed by atoms with van der Waals surface area (Å²) in [7, 11) is 1.52. The molecule has 4 aromatic rings. The molecule has 1 N–H and O–H groups in total. The first-order valence-electron chi connectivity index (χ1n) is 11.9. The van der Waals surface area contributed by atoms with Crippen LogP contribution in [0.2, 0.25) is 0 Å². The Bertz CT molecular complexity index is 1540. The van der Waals surface area contributed by atoms with E-state index in [1.165, 1.54) is 23.3 Å². The number of carbonyl (C=O) groups is 2. The lowest BCUT2D eigenvalue weighted by Crippen LogP contribution is -2.29. The summed E-state index contributed by atoms with van der Waals surface area (Å²) < 4.78 is 12.0. The molecule has 0 bridgehead atoms. The largest absolute Gasteiger partial charge is 0.507 e. The number of nitrogens with zero attached hydrogens (tertiary/aromatic N) is 2. The summed E-state index contributed by atoms with van der Waals surface area (Å²) in [5.41, 5.74) is 2.82. The third-order valence-electron chi connectivity index (χ3n) is 6.09. The summed E-state index contributed by atoms with van der Waals surface area (Å²) in [6, 6.07) is 18.9. The van der Waals surface area contributed by atoms with Crippen LogP contribution in [0.15, 0.2) is 72.3 Å². The number of fused-ring (bicyclic) bond motifs is 1. The van der Waals surface area contributed by atoms with E-state index in [2.05, 4.69) is 4.98 Å². The number of aliphatic hydroxyl groups is 1. The molecule has 8 heteroatoms. The molecule has 3 aromatic carbocycles. The van der Waals surface area contributed by atoms with Crippen LogP contribution in [0.25, 0.3) is 16.0 Å². The highest BCUT2D eigenvalue weighted by atomic mass is 32.1. The number of aromatic nitrogens is 1. The van der Waals surface area contributed by atoms with Gasteiger partial charge in [-0.05, 0) is 68.3 Å². The number of rotatable bonds is 6. The molecule has 0 saturated carbocycles. The van der Waals surface area contributed by atoms with Crippen LogP contribution < -0.4 is 14.4 Å². The number of anilines is 1. The third kappa shape index (κ3) is 4.56. The van der Waals surface area contributed by atoms with Crippen molar-refractivity contribution < 1.29 is 24.2 Å². The number of aliphatic hydroxyl groups excluding tert-OH is 1. The lowest BCUT2D eigenvalue weighted by atomic mass is 9.95. The van der Waals surface area contributed by atoms with Crippen molar-refractivity contribution in [3.8, 4) is 11.5 Å². The van der Waals surface area contributed by atoms with E-state index in [4.69, 9.17) is 9.47 Å². The van der Waals surface area contributed by atoms with Crippen molar-refractivity contribution in [2.45, 2.75) is 32.9 Å². The normalized spacial score (nSPS) is 17.1. The van der Waals surface area contributed by atoms with E-state index in [1.807, 2.05) is 39.0 Å². The van der Waals surface area contributed by atoms with Gasteiger partial charge in [0.25, 0.3) is 5.78 Å². The van der Waals surface area contributed by atoms with E-state index >= 15 is 0 Å². The van der Waals surface area contributed by atoms with E-state index in [0.717, 1.165) is 15.8 Å². The number of methoxy groups -OCH3 is 1. The Morgan fingerprint density at radius 2 is 1.78 bits per heavy atom. The number of ether oxygens (including phenoxy) is 2. The molecule has 1 atom stereocenters. The second-order valence-corrected chi connectivity index (χ2v) is 10.1. The fraction of sp³-hybridized carbons (Fsp3) is 0.207. The first-order chi connectivity index (χ1) is 17.8. The van der Waals surface area contributed by atoms with Crippen molar-refractivity contribution in [3.63, 3.8) is 0 Å². The summed E-state index contributed by atoms with van der Waals surface area (Å²) in [4.78, 5) is 32.9. The molecule has 1 aliphatic rings. The topological polar surface area (TPSA) is 89.0 Å². The fourth-order valence-corrected chi connectivity index (χ4v) is 5.49. The van der Waals surface area contributed by atoms with Crippen LogP contribution in [0.3, 0.4) is 0 Å². The number of carbonyl (C=O) groups excluding carboxylic acids is 2. The molecule has 1 amide bonds. The van der Waals surface area contributed by atoms with E-state index in [1.54, 1.807) is 48.5 Å². The van der Waals surface area contributed by atoms with Gasteiger partial charge >= 0.3 is 5.91 Å². The van der Waals surface area contributed by atoms with Crippen molar-refractivity contribution in [3.05, 3.63) is 89.0 Å². The molecular formula is C29H26N2O5S. The minimum Gasteiger partial charge on any atom is -0.507 e. The first kappa shape index (κ1) is 24.5. The lowest BCUT2D eigenvalue weighted by molar-refractivity contribution is -0.132. The van der Waals surface area contributed by atoms with E-state index in [9.17, 15) is 14.7 Å². The summed E-state index contributed by atoms with van der Waals surface area (Å²) >= 11 is 1.33. The predicted octanol–water partition coefficient (Wildman–Crippen LogP) is 6.03. The van der Waals surface area contributed by atoms with E-state index in [0.29, 0.717) is 27.8 Å². The molecule has 188 valence electrons. The molecule has 0 spiro atoms. The number of aryl methyl sites for hydroxylation is 1. The summed E-state index contributed by atoms with van der Waals surface area (Å²) in [5, 5.41) is 11.7. The van der Waals surface area contributed by atoms with E-state index in [-0.39, 0.29) is 17.4 Å². The smallest absolute Gasteiger partial charge is 0.301 e. The van der Waals surface area contributed by atoms with Gasteiger partial charge in [-0.25, -0.2) is 4.98 Å². The Morgan fingerprint density at radius 1 is 1.03 bits per heavy atom. The van der Waals surface area contributed by atoms with Crippen molar-refractivity contribution >= 4 is 44.1 Å². The Labute approximate surface area is 218 Å². The maximum Gasteiger partial charge on any atom is 0.301 e. The third-order valence-corrected chi connectivity index (χ3v) is 7.11. The van der Waals surface area contributed by atoms with Crippen molar-refractivity contribution in [2.24, 2.45) is 0 Å². The quantitative estimate of drug-likeness (QED) is 0.192. The van der Waals surface area contributed by atoms with Gasteiger partial charge in [-0.1, -0.05) is 41.7 Å². The van der Waals surface area contributed by atoms with Crippen LogP contribution in [0, 0.1) is 6.92 Å². The van der Waals surface area contributed by atoms with Crippen LogP contribution in [-0.2, 0) is 9.59 Å². The highest BCUT2D eigenvalue weighted by molar-refractivity contribution is 7.22. The van der Waals surface area contributed by atoms with Gasteiger partial charge in [0.1, 0.15) is 17.3 Å². The minimum absolute atomic E-state index is 0.00393. The highest BCUT2D eigenvalue weighted by Gasteiger charge is 2.48. The monoisotopic (exact) mass is 514 g/mol. The molecule has 1 aromatic heterocycles. The first-order valence-corrected chi connectivity index (χ1v) is 12.7. The number of benzene rings is 3. The zero-order valence-electron chi connectivity index (χ0n) is 20.9. The molecule has 7 nitrogen and oxygen atoms in total. The number of hydrogen-bond donors (Lipinski definition) is 1. The molecule has 1 fully saturated rings. The maximum atomic E-state index is 13.5. The zero-order valence-corrected chi connectivity index (χ0v) is 21.7. The van der Waals surface area contributed by atoms with Crippen LogP contribution >= 0.6 is 11.3 Å². The minimum atomic E-state index is -0.874. The van der Waals surface area contributed by atoms with Gasteiger partial charge < -0.3 is 14.6 Å². The molecular weight excluding hydrogens is 488 g/mol. The fourth-order valence-electron chi connectivity index (χ4n) is 4.39. The Hall–Kier alpha value is -4.17. The van der Waals surface area contributed by atoms with Crippen LogP contribution in [0.4, 0.5) is 5.13 Å². The standard InChI is InChI=1S/C29H26N2O5S/c1-16(2)36-20-11-9-18(10-12-20)25-24(26(32)19-6-5-7-21(15-19)35-4)27(33)28(34)31(25)29-30-22-13-8-17(3)14-23(22)37-29/h5-16,25,32H,1-4H3. The number of amides is 1. The van der Waals surface area contributed by atoms with Gasteiger partial charge in [0, 0.05) is 5.56 Å². The zero-order chi connectivity index (χ0) is 26.3.